The summed E-state index contributed by atoms with van der Waals surface area (Å²) >= 11 is 3.27. The summed E-state index contributed by atoms with van der Waals surface area (Å²) < 4.78 is 14.6. The second-order valence-electron chi connectivity index (χ2n) is 6.30. The standard InChI is InChI=1S/C17H24BrFN2.ClH/c18-15-7-6-14(12-16(15)19)17(13-4-2-1-3-5-13)21-10-8-20-9-11-21;/h6-7,12-13,17,20H,1-5,8-11H2;1H/t17-;/m0./s1. The van der Waals surface area contributed by atoms with Crippen molar-refractivity contribution >= 4 is 28.3 Å². The molecular weight excluding hydrogens is 367 g/mol. The van der Waals surface area contributed by atoms with E-state index in [1.165, 1.54) is 32.1 Å². The van der Waals surface area contributed by atoms with Gasteiger partial charge in [-0.25, -0.2) is 4.39 Å². The Morgan fingerprint density at radius 3 is 2.45 bits per heavy atom. The minimum absolute atomic E-state index is 0. The van der Waals surface area contributed by atoms with Gasteiger partial charge in [-0.3, -0.25) is 4.90 Å². The van der Waals surface area contributed by atoms with Gasteiger partial charge in [0.25, 0.3) is 0 Å². The number of halogens is 3. The molecule has 1 aromatic rings. The van der Waals surface area contributed by atoms with Crippen molar-refractivity contribution in [1.82, 2.24) is 10.2 Å². The Balaban J connectivity index is 0.00000176. The van der Waals surface area contributed by atoms with Gasteiger partial charge < -0.3 is 5.32 Å². The van der Waals surface area contributed by atoms with Crippen LogP contribution in [0.25, 0.3) is 0 Å². The van der Waals surface area contributed by atoms with Crippen LogP contribution in [-0.2, 0) is 0 Å². The first-order valence-corrected chi connectivity index (χ1v) is 8.95. The van der Waals surface area contributed by atoms with E-state index in [1.807, 2.05) is 6.07 Å². The van der Waals surface area contributed by atoms with Crippen LogP contribution in [0.2, 0.25) is 0 Å². The van der Waals surface area contributed by atoms with Crippen LogP contribution in [0.15, 0.2) is 22.7 Å². The van der Waals surface area contributed by atoms with Crippen molar-refractivity contribution in [3.63, 3.8) is 0 Å². The Labute approximate surface area is 147 Å². The van der Waals surface area contributed by atoms with Crippen LogP contribution in [0.5, 0.6) is 0 Å². The maximum absolute atomic E-state index is 14.0. The third-order valence-electron chi connectivity index (χ3n) is 4.93. The maximum atomic E-state index is 14.0. The van der Waals surface area contributed by atoms with Crippen molar-refractivity contribution in [2.24, 2.45) is 5.92 Å². The van der Waals surface area contributed by atoms with E-state index >= 15 is 0 Å². The van der Waals surface area contributed by atoms with Crippen LogP contribution in [0.1, 0.15) is 43.7 Å². The lowest BCUT2D eigenvalue weighted by atomic mass is 9.80. The molecule has 22 heavy (non-hydrogen) atoms. The van der Waals surface area contributed by atoms with Crippen LogP contribution < -0.4 is 5.32 Å². The van der Waals surface area contributed by atoms with Crippen molar-refractivity contribution in [2.75, 3.05) is 26.2 Å². The van der Waals surface area contributed by atoms with Gasteiger partial charge in [0, 0.05) is 32.2 Å². The zero-order valence-electron chi connectivity index (χ0n) is 12.9. The fourth-order valence-corrected chi connectivity index (χ4v) is 4.13. The molecule has 0 amide bonds. The molecule has 1 aliphatic carbocycles. The summed E-state index contributed by atoms with van der Waals surface area (Å²) in [6, 6.07) is 6.10. The van der Waals surface area contributed by atoms with Crippen LogP contribution in [0, 0.1) is 11.7 Å². The molecule has 0 bridgehead atoms. The summed E-state index contributed by atoms with van der Waals surface area (Å²) in [5.41, 5.74) is 1.16. The molecule has 1 aromatic carbocycles. The molecule has 1 N–H and O–H groups in total. The normalized spacial score (nSPS) is 22.1. The van der Waals surface area contributed by atoms with Crippen molar-refractivity contribution in [3.8, 4) is 0 Å². The maximum Gasteiger partial charge on any atom is 0.137 e. The van der Waals surface area contributed by atoms with E-state index in [0.29, 0.717) is 16.4 Å². The summed E-state index contributed by atoms with van der Waals surface area (Å²) in [5, 5.41) is 3.42. The molecule has 1 atom stereocenters. The summed E-state index contributed by atoms with van der Waals surface area (Å²) in [7, 11) is 0. The van der Waals surface area contributed by atoms with Gasteiger partial charge in [-0.2, -0.15) is 0 Å². The number of hydrogen-bond acceptors (Lipinski definition) is 2. The van der Waals surface area contributed by atoms with E-state index in [-0.39, 0.29) is 18.2 Å². The topological polar surface area (TPSA) is 15.3 Å². The molecular formula is C17H25BrClFN2. The Kier molecular flexibility index (Phi) is 7.13. The minimum Gasteiger partial charge on any atom is -0.314 e. The third kappa shape index (κ3) is 4.22. The number of nitrogens with one attached hydrogen (secondary N) is 1. The summed E-state index contributed by atoms with van der Waals surface area (Å²) in [5.74, 6) is 0.542. The van der Waals surface area contributed by atoms with Gasteiger partial charge in [-0.05, 0) is 52.4 Å². The number of piperazine rings is 1. The molecule has 0 radical (unpaired) electrons. The zero-order chi connectivity index (χ0) is 14.7. The first-order chi connectivity index (χ1) is 10.3. The van der Waals surface area contributed by atoms with Gasteiger partial charge >= 0.3 is 0 Å². The molecule has 2 fully saturated rings. The third-order valence-corrected chi connectivity index (χ3v) is 5.57. The molecule has 3 rings (SSSR count). The van der Waals surface area contributed by atoms with Gasteiger partial charge in [0.2, 0.25) is 0 Å². The lowest BCUT2D eigenvalue weighted by molar-refractivity contribution is 0.103. The van der Waals surface area contributed by atoms with Gasteiger partial charge in [-0.15, -0.1) is 12.4 Å². The van der Waals surface area contributed by atoms with Gasteiger partial charge in [0.05, 0.1) is 4.47 Å². The Morgan fingerprint density at radius 1 is 1.14 bits per heavy atom. The quantitative estimate of drug-likeness (QED) is 0.814. The lowest BCUT2D eigenvalue weighted by Crippen LogP contribution is -2.47. The van der Waals surface area contributed by atoms with E-state index in [0.717, 1.165) is 31.7 Å². The second kappa shape index (κ2) is 8.62. The first kappa shape index (κ1) is 18.2. The van der Waals surface area contributed by atoms with Gasteiger partial charge in [0.1, 0.15) is 5.82 Å². The number of nitrogens with zero attached hydrogens (tertiary/aromatic N) is 1. The van der Waals surface area contributed by atoms with Crippen molar-refractivity contribution in [1.29, 1.82) is 0 Å². The van der Waals surface area contributed by atoms with E-state index < -0.39 is 0 Å². The summed E-state index contributed by atoms with van der Waals surface area (Å²) in [6.45, 7) is 4.22. The predicted octanol–water partition coefficient (Wildman–Crippen LogP) is 4.54. The zero-order valence-corrected chi connectivity index (χ0v) is 15.3. The fraction of sp³-hybridized carbons (Fsp3) is 0.647. The van der Waals surface area contributed by atoms with Crippen molar-refractivity contribution < 1.29 is 4.39 Å². The van der Waals surface area contributed by atoms with Crippen molar-refractivity contribution in [2.45, 2.75) is 38.1 Å². The Bertz CT molecular complexity index is 456. The number of rotatable bonds is 3. The molecule has 0 aromatic heterocycles. The largest absolute Gasteiger partial charge is 0.314 e. The molecule has 0 spiro atoms. The Morgan fingerprint density at radius 2 is 1.82 bits per heavy atom. The second-order valence-corrected chi connectivity index (χ2v) is 7.16. The van der Waals surface area contributed by atoms with Gasteiger partial charge in [0.15, 0.2) is 0 Å². The van der Waals surface area contributed by atoms with E-state index in [4.69, 9.17) is 0 Å². The number of hydrogen-bond donors (Lipinski definition) is 1. The van der Waals surface area contributed by atoms with E-state index in [2.05, 4.69) is 32.2 Å². The van der Waals surface area contributed by atoms with Crippen molar-refractivity contribution in [3.05, 3.63) is 34.1 Å². The van der Waals surface area contributed by atoms with Crippen LogP contribution in [0.3, 0.4) is 0 Å². The van der Waals surface area contributed by atoms with Crippen LogP contribution in [-0.4, -0.2) is 31.1 Å². The fourth-order valence-electron chi connectivity index (χ4n) is 3.89. The molecule has 1 saturated carbocycles. The van der Waals surface area contributed by atoms with Gasteiger partial charge in [-0.1, -0.05) is 25.3 Å². The highest BCUT2D eigenvalue weighted by Crippen LogP contribution is 2.39. The average Bonchev–Trinajstić information content (AvgIpc) is 2.53. The summed E-state index contributed by atoms with van der Waals surface area (Å²) in [4.78, 5) is 2.56. The highest BCUT2D eigenvalue weighted by Gasteiger charge is 2.31. The molecule has 124 valence electrons. The molecule has 2 aliphatic rings. The molecule has 0 unspecified atom stereocenters. The number of benzene rings is 1. The molecule has 5 heteroatoms. The first-order valence-electron chi connectivity index (χ1n) is 8.15. The monoisotopic (exact) mass is 390 g/mol. The van der Waals surface area contributed by atoms with E-state index in [9.17, 15) is 4.39 Å². The smallest absolute Gasteiger partial charge is 0.137 e. The highest BCUT2D eigenvalue weighted by molar-refractivity contribution is 9.10. The molecule has 1 aliphatic heterocycles. The Hall–Kier alpha value is -0.160. The highest BCUT2D eigenvalue weighted by atomic mass is 79.9. The molecule has 2 nitrogen and oxygen atoms in total. The molecule has 1 heterocycles. The van der Waals surface area contributed by atoms with Crippen LogP contribution in [0.4, 0.5) is 4.39 Å². The van der Waals surface area contributed by atoms with E-state index in [1.54, 1.807) is 6.07 Å². The lowest BCUT2D eigenvalue weighted by Gasteiger charge is -2.41. The predicted molar refractivity (Wildman–Crippen MR) is 95.1 cm³/mol. The minimum atomic E-state index is -0.136. The average molecular weight is 392 g/mol. The van der Waals surface area contributed by atoms with Crippen LogP contribution >= 0.6 is 28.3 Å². The SMILES string of the molecule is Cl.Fc1cc([C@H](C2CCCCC2)N2CCNCC2)ccc1Br. The molecule has 1 saturated heterocycles. The summed E-state index contributed by atoms with van der Waals surface area (Å²) in [6.07, 6.45) is 6.58.